The minimum Gasteiger partial charge on any atom is -0.393 e. The highest BCUT2D eigenvalue weighted by atomic mass is 16.3. The van der Waals surface area contributed by atoms with Crippen LogP contribution < -0.4 is 5.73 Å². The Labute approximate surface area is 79.3 Å². The molecule has 0 aromatic heterocycles. The average Bonchev–Trinajstić information content (AvgIpc) is 2.88. The third kappa shape index (κ3) is 4.88. The summed E-state index contributed by atoms with van der Waals surface area (Å²) < 4.78 is 0. The first-order valence-corrected chi connectivity index (χ1v) is 5.17. The molecule has 76 valence electrons. The molecule has 2 aliphatic carbocycles. The molecule has 3 N–H and O–H groups in total. The van der Waals surface area contributed by atoms with Crippen molar-refractivity contribution in [2.24, 2.45) is 11.7 Å². The monoisotopic (exact) mass is 185 g/mol. The van der Waals surface area contributed by atoms with Crippen LogP contribution in [0, 0.1) is 5.92 Å². The first-order chi connectivity index (χ1) is 6.20. The van der Waals surface area contributed by atoms with E-state index in [0.717, 1.165) is 25.7 Å². The lowest BCUT2D eigenvalue weighted by Gasteiger charge is -2.14. The summed E-state index contributed by atoms with van der Waals surface area (Å²) >= 11 is 0. The fourth-order valence-corrected chi connectivity index (χ4v) is 1.45. The van der Waals surface area contributed by atoms with Crippen molar-refractivity contribution in [3.8, 4) is 0 Å². The number of aliphatic hydroxyl groups is 1. The molecule has 0 heterocycles. The maximum Gasteiger partial charge on any atom is 0.220 e. The Bertz CT molecular complexity index is 160. The lowest BCUT2D eigenvalue weighted by atomic mass is 9.98. The SMILES string of the molecule is NC(=O)C1CC1.OC1CCCCC1. The van der Waals surface area contributed by atoms with Gasteiger partial charge in [-0.15, -0.1) is 0 Å². The molecular formula is C10H19NO2. The fraction of sp³-hybridized carbons (Fsp3) is 0.900. The van der Waals surface area contributed by atoms with Crippen LogP contribution in [0.3, 0.4) is 0 Å². The molecule has 3 nitrogen and oxygen atoms in total. The van der Waals surface area contributed by atoms with E-state index in [1.54, 1.807) is 0 Å². The van der Waals surface area contributed by atoms with E-state index >= 15 is 0 Å². The molecule has 0 aliphatic heterocycles. The van der Waals surface area contributed by atoms with Gasteiger partial charge in [-0.1, -0.05) is 19.3 Å². The Hall–Kier alpha value is -0.570. The van der Waals surface area contributed by atoms with E-state index in [2.05, 4.69) is 0 Å². The molecule has 3 heteroatoms. The van der Waals surface area contributed by atoms with Gasteiger partial charge in [0.05, 0.1) is 6.10 Å². The van der Waals surface area contributed by atoms with Gasteiger partial charge in [0, 0.05) is 5.92 Å². The number of hydrogen-bond acceptors (Lipinski definition) is 2. The van der Waals surface area contributed by atoms with Gasteiger partial charge in [0.1, 0.15) is 0 Å². The fourth-order valence-electron chi connectivity index (χ4n) is 1.45. The highest BCUT2D eigenvalue weighted by molar-refractivity contribution is 5.78. The summed E-state index contributed by atoms with van der Waals surface area (Å²) in [7, 11) is 0. The van der Waals surface area contributed by atoms with Crippen molar-refractivity contribution in [2.75, 3.05) is 0 Å². The first kappa shape index (κ1) is 10.5. The maximum absolute atomic E-state index is 9.98. The third-order valence-electron chi connectivity index (χ3n) is 2.55. The molecule has 0 spiro atoms. The highest BCUT2D eigenvalue weighted by Crippen LogP contribution is 2.27. The van der Waals surface area contributed by atoms with Gasteiger partial charge in [-0.2, -0.15) is 0 Å². The van der Waals surface area contributed by atoms with Gasteiger partial charge >= 0.3 is 0 Å². The second-order valence-electron chi connectivity index (χ2n) is 3.97. The first-order valence-electron chi connectivity index (χ1n) is 5.17. The molecule has 2 saturated carbocycles. The normalized spacial score (nSPS) is 23.2. The molecule has 0 radical (unpaired) electrons. The highest BCUT2D eigenvalue weighted by Gasteiger charge is 2.26. The Morgan fingerprint density at radius 2 is 1.62 bits per heavy atom. The van der Waals surface area contributed by atoms with Gasteiger partial charge < -0.3 is 10.8 Å². The van der Waals surface area contributed by atoms with E-state index in [-0.39, 0.29) is 17.9 Å². The van der Waals surface area contributed by atoms with Gasteiger partial charge in [0.25, 0.3) is 0 Å². The summed E-state index contributed by atoms with van der Waals surface area (Å²) in [5.41, 5.74) is 4.86. The largest absolute Gasteiger partial charge is 0.393 e. The van der Waals surface area contributed by atoms with Crippen LogP contribution >= 0.6 is 0 Å². The second kappa shape index (κ2) is 5.22. The molecular weight excluding hydrogens is 166 g/mol. The number of aliphatic hydroxyl groups excluding tert-OH is 1. The van der Waals surface area contributed by atoms with E-state index < -0.39 is 0 Å². The topological polar surface area (TPSA) is 63.3 Å². The smallest absolute Gasteiger partial charge is 0.220 e. The molecule has 2 fully saturated rings. The van der Waals surface area contributed by atoms with Crippen molar-refractivity contribution in [2.45, 2.75) is 51.0 Å². The standard InChI is InChI=1S/C6H12O.C4H7NO/c7-6-4-2-1-3-5-6;5-4(6)3-1-2-3/h6-7H,1-5H2;3H,1-2H2,(H2,5,6). The van der Waals surface area contributed by atoms with Crippen molar-refractivity contribution in [1.29, 1.82) is 0 Å². The summed E-state index contributed by atoms with van der Waals surface area (Å²) in [5, 5.41) is 8.91. The van der Waals surface area contributed by atoms with Gasteiger partial charge in [0.15, 0.2) is 0 Å². The predicted octanol–water partition coefficient (Wildman–Crippen LogP) is 1.19. The van der Waals surface area contributed by atoms with Crippen LogP contribution in [0.25, 0.3) is 0 Å². The van der Waals surface area contributed by atoms with Crippen molar-refractivity contribution in [3.63, 3.8) is 0 Å². The van der Waals surface area contributed by atoms with E-state index in [9.17, 15) is 4.79 Å². The van der Waals surface area contributed by atoms with Gasteiger partial charge in [-0.25, -0.2) is 0 Å². The molecule has 0 bridgehead atoms. The number of amides is 1. The summed E-state index contributed by atoms with van der Waals surface area (Å²) in [6.07, 6.45) is 7.97. The van der Waals surface area contributed by atoms with Gasteiger partial charge in [-0.05, 0) is 25.7 Å². The summed E-state index contributed by atoms with van der Waals surface area (Å²) in [6.45, 7) is 0. The number of carbonyl (C=O) groups excluding carboxylic acids is 1. The predicted molar refractivity (Wildman–Crippen MR) is 51.0 cm³/mol. The van der Waals surface area contributed by atoms with Crippen LogP contribution in [0.5, 0.6) is 0 Å². The average molecular weight is 185 g/mol. The zero-order valence-electron chi connectivity index (χ0n) is 8.04. The zero-order valence-corrected chi connectivity index (χ0v) is 8.04. The summed E-state index contributed by atoms with van der Waals surface area (Å²) in [4.78, 5) is 9.98. The molecule has 0 aromatic carbocycles. The van der Waals surface area contributed by atoms with Crippen molar-refractivity contribution in [3.05, 3.63) is 0 Å². The van der Waals surface area contributed by atoms with E-state index in [1.807, 2.05) is 0 Å². The molecule has 1 amide bonds. The molecule has 0 aromatic rings. The third-order valence-corrected chi connectivity index (χ3v) is 2.55. The molecule has 13 heavy (non-hydrogen) atoms. The Balaban J connectivity index is 0.000000132. The second-order valence-corrected chi connectivity index (χ2v) is 3.97. The van der Waals surface area contributed by atoms with Crippen LogP contribution in [0.15, 0.2) is 0 Å². The molecule has 0 atom stereocenters. The van der Waals surface area contributed by atoms with E-state index in [1.165, 1.54) is 19.3 Å². The van der Waals surface area contributed by atoms with E-state index in [0.29, 0.717) is 0 Å². The molecule has 2 aliphatic rings. The number of hydrogen-bond donors (Lipinski definition) is 2. The van der Waals surface area contributed by atoms with Crippen LogP contribution in [0.4, 0.5) is 0 Å². The van der Waals surface area contributed by atoms with Crippen molar-refractivity contribution < 1.29 is 9.90 Å². The molecule has 2 rings (SSSR count). The Morgan fingerprint density at radius 1 is 1.08 bits per heavy atom. The lowest BCUT2D eigenvalue weighted by molar-refractivity contribution is -0.119. The minimum absolute atomic E-state index is 0.0359. The molecule has 0 unspecified atom stereocenters. The minimum atomic E-state index is -0.130. The van der Waals surface area contributed by atoms with E-state index in [4.69, 9.17) is 10.8 Å². The Kier molecular flexibility index (Phi) is 4.22. The molecule has 0 saturated heterocycles. The number of nitrogens with two attached hydrogens (primary N) is 1. The zero-order chi connectivity index (χ0) is 9.68. The van der Waals surface area contributed by atoms with Gasteiger partial charge in [-0.3, -0.25) is 4.79 Å². The van der Waals surface area contributed by atoms with Crippen LogP contribution in [0.1, 0.15) is 44.9 Å². The van der Waals surface area contributed by atoms with Crippen LogP contribution in [0.2, 0.25) is 0 Å². The van der Waals surface area contributed by atoms with Crippen LogP contribution in [-0.4, -0.2) is 17.1 Å². The summed E-state index contributed by atoms with van der Waals surface area (Å²) in [6, 6.07) is 0. The van der Waals surface area contributed by atoms with Gasteiger partial charge in [0.2, 0.25) is 5.91 Å². The number of rotatable bonds is 1. The summed E-state index contributed by atoms with van der Waals surface area (Å²) in [5.74, 6) is 0.111. The lowest BCUT2D eigenvalue weighted by Crippen LogP contribution is -2.11. The van der Waals surface area contributed by atoms with Crippen molar-refractivity contribution >= 4 is 5.91 Å². The Morgan fingerprint density at radius 3 is 1.77 bits per heavy atom. The number of carbonyl (C=O) groups is 1. The maximum atomic E-state index is 9.98. The van der Waals surface area contributed by atoms with Crippen molar-refractivity contribution in [1.82, 2.24) is 0 Å². The van der Waals surface area contributed by atoms with Crippen LogP contribution in [-0.2, 0) is 4.79 Å². The number of primary amides is 1. The quantitative estimate of drug-likeness (QED) is 0.644.